The number of thiophene rings is 1. The molecule has 4 nitrogen and oxygen atoms in total. The topological polar surface area (TPSA) is 40.6 Å². The van der Waals surface area contributed by atoms with Crippen molar-refractivity contribution in [2.45, 2.75) is 71.9 Å². The summed E-state index contributed by atoms with van der Waals surface area (Å²) < 4.78 is 13.5. The predicted octanol–water partition coefficient (Wildman–Crippen LogP) is 6.18. The van der Waals surface area contributed by atoms with E-state index in [0.29, 0.717) is 37.4 Å². The highest BCUT2D eigenvalue weighted by Crippen LogP contribution is 2.60. The third kappa shape index (κ3) is 5.18. The molecule has 1 aromatic carbocycles. The Morgan fingerprint density at radius 1 is 0.971 bits per heavy atom. The van der Waals surface area contributed by atoms with E-state index < -0.39 is 0 Å². The van der Waals surface area contributed by atoms with Crippen molar-refractivity contribution >= 4 is 23.2 Å². The molecule has 1 heterocycles. The predicted molar refractivity (Wildman–Crippen MR) is 137 cm³/mol. The SMILES string of the molecule is CCCN(CC(=O)N(Cc1ccc(F)cc1)Cc1sccc1C)C(=O)C12CC3CC(CC(C3)C1)C2. The molecule has 0 radical (unpaired) electrons. The normalized spacial score (nSPS) is 26.7. The van der Waals surface area contributed by atoms with E-state index in [-0.39, 0.29) is 29.6 Å². The molecular weight excluding hydrogens is 459 g/mol. The Bertz CT molecular complexity index is 1030. The first-order valence-corrected chi connectivity index (χ1v) is 14.1. The van der Waals surface area contributed by atoms with Crippen LogP contribution in [0, 0.1) is 35.9 Å². The van der Waals surface area contributed by atoms with E-state index in [1.807, 2.05) is 15.2 Å². The summed E-state index contributed by atoms with van der Waals surface area (Å²) >= 11 is 1.65. The maximum Gasteiger partial charge on any atom is 0.242 e. The monoisotopic (exact) mass is 496 g/mol. The third-order valence-electron chi connectivity index (χ3n) is 8.54. The average molecular weight is 497 g/mol. The van der Waals surface area contributed by atoms with Crippen LogP contribution >= 0.6 is 11.3 Å². The van der Waals surface area contributed by atoms with Crippen LogP contribution in [0.2, 0.25) is 0 Å². The highest BCUT2D eigenvalue weighted by molar-refractivity contribution is 7.10. The van der Waals surface area contributed by atoms with Gasteiger partial charge in [0.15, 0.2) is 0 Å². The fourth-order valence-corrected chi connectivity index (χ4v) is 8.20. The molecule has 0 atom stereocenters. The maximum absolute atomic E-state index is 14.0. The Labute approximate surface area is 212 Å². The quantitative estimate of drug-likeness (QED) is 0.416. The zero-order chi connectivity index (χ0) is 24.6. The molecule has 1 aromatic heterocycles. The Balaban J connectivity index is 1.34. The van der Waals surface area contributed by atoms with Crippen molar-refractivity contribution in [3.05, 3.63) is 57.5 Å². The van der Waals surface area contributed by atoms with Crippen molar-refractivity contribution in [2.75, 3.05) is 13.1 Å². The molecule has 0 N–H and O–H groups in total. The largest absolute Gasteiger partial charge is 0.333 e. The first kappa shape index (κ1) is 24.5. The first-order chi connectivity index (χ1) is 16.8. The molecule has 4 aliphatic carbocycles. The lowest BCUT2D eigenvalue weighted by molar-refractivity contribution is -0.160. The summed E-state index contributed by atoms with van der Waals surface area (Å²) in [5.74, 6) is 1.99. The van der Waals surface area contributed by atoms with Gasteiger partial charge in [-0.05, 0) is 104 Å². The lowest BCUT2D eigenvalue weighted by atomic mass is 9.49. The standard InChI is InChI=1S/C29H37FN2O2S/c1-3-9-31(28(34)29-14-22-11-23(15-29)13-24(12-22)16-29)19-27(33)32(18-26-20(2)8-10-35-26)17-21-4-6-25(30)7-5-21/h4-8,10,22-24H,3,9,11-19H2,1-2H3. The number of carbonyl (C=O) groups excluding carboxylic acids is 2. The fraction of sp³-hybridized carbons (Fsp3) is 0.586. The zero-order valence-corrected chi connectivity index (χ0v) is 21.8. The molecule has 35 heavy (non-hydrogen) atoms. The summed E-state index contributed by atoms with van der Waals surface area (Å²) in [5.41, 5.74) is 1.82. The van der Waals surface area contributed by atoms with Gasteiger partial charge in [-0.2, -0.15) is 0 Å². The number of amides is 2. The average Bonchev–Trinajstić information content (AvgIpc) is 3.22. The molecule has 0 unspecified atom stereocenters. The molecule has 0 saturated heterocycles. The Morgan fingerprint density at radius 2 is 1.60 bits per heavy atom. The number of aryl methyl sites for hydroxylation is 1. The Morgan fingerprint density at radius 3 is 2.14 bits per heavy atom. The molecule has 188 valence electrons. The third-order valence-corrected chi connectivity index (χ3v) is 9.55. The minimum absolute atomic E-state index is 0.0337. The second-order valence-corrected chi connectivity index (χ2v) is 12.3. The highest BCUT2D eigenvalue weighted by Gasteiger charge is 2.55. The van der Waals surface area contributed by atoms with Crippen LogP contribution in [-0.4, -0.2) is 34.7 Å². The van der Waals surface area contributed by atoms with E-state index in [9.17, 15) is 14.0 Å². The van der Waals surface area contributed by atoms with Crippen molar-refractivity contribution in [2.24, 2.45) is 23.2 Å². The molecule has 4 fully saturated rings. The molecular formula is C29H37FN2O2S. The molecule has 6 heteroatoms. The van der Waals surface area contributed by atoms with Crippen LogP contribution in [0.4, 0.5) is 4.39 Å². The van der Waals surface area contributed by atoms with Crippen molar-refractivity contribution in [1.82, 2.24) is 9.80 Å². The van der Waals surface area contributed by atoms with Crippen LogP contribution in [0.15, 0.2) is 35.7 Å². The maximum atomic E-state index is 14.0. The number of halogens is 1. The summed E-state index contributed by atoms with van der Waals surface area (Å²) in [4.78, 5) is 32.6. The fourth-order valence-electron chi connectivity index (χ4n) is 7.28. The van der Waals surface area contributed by atoms with E-state index in [2.05, 4.69) is 19.9 Å². The first-order valence-electron chi connectivity index (χ1n) is 13.2. The summed E-state index contributed by atoms with van der Waals surface area (Å²) in [5, 5.41) is 2.05. The van der Waals surface area contributed by atoms with Crippen molar-refractivity contribution < 1.29 is 14.0 Å². The van der Waals surface area contributed by atoms with Crippen molar-refractivity contribution in [3.63, 3.8) is 0 Å². The van der Waals surface area contributed by atoms with Crippen LogP contribution in [0.5, 0.6) is 0 Å². The number of hydrogen-bond donors (Lipinski definition) is 0. The van der Waals surface area contributed by atoms with Gasteiger partial charge in [0, 0.05) is 18.0 Å². The smallest absolute Gasteiger partial charge is 0.242 e. The van der Waals surface area contributed by atoms with Gasteiger partial charge in [-0.15, -0.1) is 11.3 Å². The molecule has 0 spiro atoms. The second-order valence-electron chi connectivity index (χ2n) is 11.3. The second kappa shape index (κ2) is 10.0. The Kier molecular flexibility index (Phi) is 7.02. The molecule has 2 aromatic rings. The van der Waals surface area contributed by atoms with E-state index >= 15 is 0 Å². The van der Waals surface area contributed by atoms with E-state index in [0.717, 1.165) is 36.1 Å². The van der Waals surface area contributed by atoms with Crippen LogP contribution in [0.3, 0.4) is 0 Å². The number of carbonyl (C=O) groups is 2. The molecule has 6 rings (SSSR count). The lowest BCUT2D eigenvalue weighted by Gasteiger charge is -2.56. The van der Waals surface area contributed by atoms with Crippen molar-refractivity contribution in [1.29, 1.82) is 0 Å². The number of nitrogens with zero attached hydrogens (tertiary/aromatic N) is 2. The van der Waals surface area contributed by atoms with Gasteiger partial charge in [0.05, 0.1) is 18.5 Å². The number of benzene rings is 1. The van der Waals surface area contributed by atoms with Gasteiger partial charge in [-0.25, -0.2) is 4.39 Å². The summed E-state index contributed by atoms with van der Waals surface area (Å²) in [6.45, 7) is 5.80. The Hall–Kier alpha value is -2.21. The van der Waals surface area contributed by atoms with Crippen LogP contribution in [0.25, 0.3) is 0 Å². The minimum Gasteiger partial charge on any atom is -0.333 e. The highest BCUT2D eigenvalue weighted by atomic mass is 32.1. The summed E-state index contributed by atoms with van der Waals surface area (Å²) in [6.07, 6.45) is 7.77. The van der Waals surface area contributed by atoms with Gasteiger partial charge in [0.25, 0.3) is 0 Å². The zero-order valence-electron chi connectivity index (χ0n) is 21.0. The molecule has 2 amide bonds. The van der Waals surface area contributed by atoms with Crippen LogP contribution in [0.1, 0.15) is 67.9 Å². The van der Waals surface area contributed by atoms with Crippen LogP contribution < -0.4 is 0 Å². The number of rotatable bonds is 9. The van der Waals surface area contributed by atoms with Gasteiger partial charge in [0.1, 0.15) is 5.82 Å². The summed E-state index contributed by atoms with van der Waals surface area (Å²) in [7, 11) is 0. The van der Waals surface area contributed by atoms with E-state index in [4.69, 9.17) is 0 Å². The lowest BCUT2D eigenvalue weighted by Crippen LogP contribution is -2.56. The van der Waals surface area contributed by atoms with Gasteiger partial charge < -0.3 is 9.80 Å². The molecule has 0 aliphatic heterocycles. The van der Waals surface area contributed by atoms with Gasteiger partial charge >= 0.3 is 0 Å². The van der Waals surface area contributed by atoms with Crippen LogP contribution in [-0.2, 0) is 22.7 Å². The molecule has 4 saturated carbocycles. The van der Waals surface area contributed by atoms with E-state index in [1.165, 1.54) is 37.0 Å². The summed E-state index contributed by atoms with van der Waals surface area (Å²) in [6, 6.07) is 8.42. The number of hydrogen-bond acceptors (Lipinski definition) is 3. The van der Waals surface area contributed by atoms with Gasteiger partial charge in [0.2, 0.25) is 11.8 Å². The molecule has 4 bridgehead atoms. The molecule has 4 aliphatic rings. The van der Waals surface area contributed by atoms with Gasteiger partial charge in [-0.3, -0.25) is 9.59 Å². The van der Waals surface area contributed by atoms with Gasteiger partial charge in [-0.1, -0.05) is 19.1 Å². The van der Waals surface area contributed by atoms with E-state index in [1.54, 1.807) is 23.5 Å². The minimum atomic E-state index is -0.281. The van der Waals surface area contributed by atoms with Crippen molar-refractivity contribution in [3.8, 4) is 0 Å².